The lowest BCUT2D eigenvalue weighted by molar-refractivity contribution is -0.140. The molecular formula is C12H28O5. The first kappa shape index (κ1) is 21.6. The van der Waals surface area contributed by atoms with Gasteiger partial charge in [0.05, 0.1) is 12.7 Å². The average Bonchev–Trinajstić information content (AvgIpc) is 2.20. The van der Waals surface area contributed by atoms with Gasteiger partial charge < -0.3 is 19.7 Å². The number of hydrogen-bond acceptors (Lipinski definition) is 5. The number of aliphatic hydroxyl groups excluding tert-OH is 2. The molecule has 0 fully saturated rings. The maximum Gasteiger partial charge on any atom is 0.302 e. The Morgan fingerprint density at radius 2 is 1.65 bits per heavy atom. The van der Waals surface area contributed by atoms with Crippen molar-refractivity contribution in [1.29, 1.82) is 0 Å². The molecule has 106 valence electrons. The quantitative estimate of drug-likeness (QED) is 0.723. The summed E-state index contributed by atoms with van der Waals surface area (Å²) in [5.74, 6) is -0.211. The van der Waals surface area contributed by atoms with Gasteiger partial charge in [-0.15, -0.1) is 0 Å². The lowest BCUT2D eigenvalue weighted by Crippen LogP contribution is -2.00. The summed E-state index contributed by atoms with van der Waals surface area (Å²) < 4.78 is 9.24. The smallest absolute Gasteiger partial charge is 0.302 e. The molecule has 0 bridgehead atoms. The Hall–Kier alpha value is -0.650. The summed E-state index contributed by atoms with van der Waals surface area (Å²) in [6.07, 6.45) is 0.134. The number of hydrogen-bond donors (Lipinski definition) is 2. The van der Waals surface area contributed by atoms with Gasteiger partial charge in [-0.1, -0.05) is 0 Å². The normalized spacial score (nSPS) is 10.3. The van der Waals surface area contributed by atoms with E-state index in [2.05, 4.69) is 4.74 Å². The zero-order valence-corrected chi connectivity index (χ0v) is 11.7. The van der Waals surface area contributed by atoms with E-state index in [0.717, 1.165) is 13.2 Å². The maximum absolute atomic E-state index is 9.82. The number of aliphatic hydroxyl groups is 2. The van der Waals surface area contributed by atoms with E-state index in [1.807, 2.05) is 13.8 Å². The molecule has 2 N–H and O–H groups in total. The van der Waals surface area contributed by atoms with Gasteiger partial charge >= 0.3 is 5.97 Å². The lowest BCUT2D eigenvalue weighted by Gasteiger charge is -1.95. The summed E-state index contributed by atoms with van der Waals surface area (Å²) in [7, 11) is 0. The van der Waals surface area contributed by atoms with Crippen molar-refractivity contribution >= 4 is 5.97 Å². The zero-order chi connectivity index (χ0) is 14.1. The first-order chi connectivity index (χ1) is 7.95. The predicted octanol–water partition coefficient (Wildman–Crippen LogP) is 1.36. The van der Waals surface area contributed by atoms with Crippen LogP contribution in [0.5, 0.6) is 0 Å². The van der Waals surface area contributed by atoms with Crippen LogP contribution in [-0.4, -0.2) is 48.7 Å². The molecule has 5 nitrogen and oxygen atoms in total. The largest absolute Gasteiger partial charge is 0.466 e. The molecule has 0 saturated heterocycles. The van der Waals surface area contributed by atoms with Gasteiger partial charge in [-0.2, -0.15) is 0 Å². The lowest BCUT2D eigenvalue weighted by atomic mass is 10.3. The fraction of sp³-hybridized carbons (Fsp3) is 0.917. The number of carbonyl (C=O) groups is 1. The van der Waals surface area contributed by atoms with Gasteiger partial charge in [-0.05, 0) is 34.1 Å². The Bertz CT molecular complexity index is 135. The van der Waals surface area contributed by atoms with Crippen molar-refractivity contribution in [2.24, 2.45) is 0 Å². The van der Waals surface area contributed by atoms with Crippen LogP contribution in [0.25, 0.3) is 0 Å². The number of carbonyl (C=O) groups excluding carboxylic acids is 1. The third-order valence-electron chi connectivity index (χ3n) is 1.30. The average molecular weight is 252 g/mol. The summed E-state index contributed by atoms with van der Waals surface area (Å²) in [5.41, 5.74) is 0. The molecule has 17 heavy (non-hydrogen) atoms. The molecule has 0 aromatic carbocycles. The first-order valence-electron chi connectivity index (χ1n) is 5.96. The summed E-state index contributed by atoms with van der Waals surface area (Å²) in [6, 6.07) is 0. The minimum atomic E-state index is -0.352. The molecule has 0 aliphatic carbocycles. The third-order valence-corrected chi connectivity index (χ3v) is 1.30. The first-order valence-corrected chi connectivity index (χ1v) is 5.96. The SMILES string of the molecule is CC(O)CCO.CCOC(C)=O.CCOCC. The van der Waals surface area contributed by atoms with E-state index in [4.69, 9.17) is 14.9 Å². The Morgan fingerprint density at radius 3 is 1.65 bits per heavy atom. The predicted molar refractivity (Wildman–Crippen MR) is 67.9 cm³/mol. The molecule has 0 saturated carbocycles. The Labute approximate surface area is 105 Å². The van der Waals surface area contributed by atoms with Crippen molar-refractivity contribution in [1.82, 2.24) is 0 Å². The molecule has 0 aliphatic heterocycles. The zero-order valence-electron chi connectivity index (χ0n) is 11.7. The van der Waals surface area contributed by atoms with E-state index < -0.39 is 0 Å². The summed E-state index contributed by atoms with van der Waals surface area (Å²) in [6.45, 7) is 11.0. The highest BCUT2D eigenvalue weighted by atomic mass is 16.5. The molecule has 0 rings (SSSR count). The van der Waals surface area contributed by atoms with Crippen molar-refractivity contribution in [3.05, 3.63) is 0 Å². The minimum Gasteiger partial charge on any atom is -0.466 e. The fourth-order valence-corrected chi connectivity index (χ4v) is 0.594. The van der Waals surface area contributed by atoms with Crippen LogP contribution in [0.3, 0.4) is 0 Å². The topological polar surface area (TPSA) is 76.0 Å². The van der Waals surface area contributed by atoms with E-state index >= 15 is 0 Å². The summed E-state index contributed by atoms with van der Waals surface area (Å²) in [5, 5.41) is 16.5. The molecule has 0 heterocycles. The summed E-state index contributed by atoms with van der Waals surface area (Å²) >= 11 is 0. The number of rotatable bonds is 5. The van der Waals surface area contributed by atoms with Crippen molar-refractivity contribution in [2.45, 2.75) is 47.1 Å². The van der Waals surface area contributed by atoms with Crippen molar-refractivity contribution in [3.63, 3.8) is 0 Å². The highest BCUT2D eigenvalue weighted by Gasteiger charge is 1.88. The van der Waals surface area contributed by atoms with Crippen molar-refractivity contribution in [3.8, 4) is 0 Å². The third kappa shape index (κ3) is 50.6. The van der Waals surface area contributed by atoms with Crippen LogP contribution in [0.4, 0.5) is 0 Å². The molecule has 1 atom stereocenters. The van der Waals surface area contributed by atoms with Crippen molar-refractivity contribution < 1.29 is 24.5 Å². The molecule has 5 heteroatoms. The number of ether oxygens (including phenoxy) is 2. The van der Waals surface area contributed by atoms with Gasteiger partial charge in [0.25, 0.3) is 0 Å². The molecule has 0 amide bonds. The van der Waals surface area contributed by atoms with E-state index in [9.17, 15) is 4.79 Å². The summed E-state index contributed by atoms with van der Waals surface area (Å²) in [4.78, 5) is 9.82. The highest BCUT2D eigenvalue weighted by molar-refractivity contribution is 5.65. The van der Waals surface area contributed by atoms with Gasteiger partial charge in [-0.25, -0.2) is 0 Å². The second-order valence-electron chi connectivity index (χ2n) is 3.07. The molecule has 0 spiro atoms. The van der Waals surface area contributed by atoms with E-state index in [0.29, 0.717) is 13.0 Å². The van der Waals surface area contributed by atoms with Crippen LogP contribution >= 0.6 is 0 Å². The van der Waals surface area contributed by atoms with Crippen LogP contribution in [0, 0.1) is 0 Å². The van der Waals surface area contributed by atoms with Crippen LogP contribution < -0.4 is 0 Å². The molecule has 0 aromatic rings. The monoisotopic (exact) mass is 252 g/mol. The van der Waals surface area contributed by atoms with Gasteiger partial charge in [0.15, 0.2) is 0 Å². The molecule has 1 unspecified atom stereocenters. The van der Waals surface area contributed by atoms with Crippen LogP contribution in [0.1, 0.15) is 41.0 Å². The second kappa shape index (κ2) is 20.7. The van der Waals surface area contributed by atoms with Gasteiger partial charge in [0, 0.05) is 26.7 Å². The van der Waals surface area contributed by atoms with Gasteiger partial charge in [0.1, 0.15) is 0 Å². The fourth-order valence-electron chi connectivity index (χ4n) is 0.594. The molecule has 0 aromatic heterocycles. The molecular weight excluding hydrogens is 224 g/mol. The van der Waals surface area contributed by atoms with Gasteiger partial charge in [-0.3, -0.25) is 4.79 Å². The van der Waals surface area contributed by atoms with Crippen molar-refractivity contribution in [2.75, 3.05) is 26.4 Å². The maximum atomic E-state index is 9.82. The molecule has 0 aliphatic rings. The second-order valence-corrected chi connectivity index (χ2v) is 3.07. The Kier molecular flexibility index (Phi) is 26.4. The highest BCUT2D eigenvalue weighted by Crippen LogP contribution is 1.83. The standard InChI is InChI=1S/C4H10O2.C4H8O2.C4H10O/c1-4(6)2-3-5;1-3-6-4(2)5;1-3-5-4-2/h4-6H,2-3H2,1H3;3H2,1-2H3;3-4H2,1-2H3. The molecule has 0 radical (unpaired) electrons. The van der Waals surface area contributed by atoms with Crippen LogP contribution in [-0.2, 0) is 14.3 Å². The Balaban J connectivity index is -0.000000174. The Morgan fingerprint density at radius 1 is 1.18 bits per heavy atom. The van der Waals surface area contributed by atoms with E-state index in [-0.39, 0.29) is 18.7 Å². The van der Waals surface area contributed by atoms with E-state index in [1.165, 1.54) is 6.92 Å². The minimum absolute atomic E-state index is 0.0810. The van der Waals surface area contributed by atoms with Crippen LogP contribution in [0.15, 0.2) is 0 Å². The van der Waals surface area contributed by atoms with Gasteiger partial charge in [0.2, 0.25) is 0 Å². The van der Waals surface area contributed by atoms with E-state index in [1.54, 1.807) is 13.8 Å². The van der Waals surface area contributed by atoms with Crippen LogP contribution in [0.2, 0.25) is 0 Å². The number of esters is 1.